The molecule has 6 heteroatoms. The normalized spacial score (nSPS) is 15.7. The van der Waals surface area contributed by atoms with Gasteiger partial charge in [-0.1, -0.05) is 18.2 Å². The number of fused-ring (bicyclic) bond motifs is 2. The number of benzene rings is 1. The van der Waals surface area contributed by atoms with Crippen molar-refractivity contribution in [1.29, 1.82) is 0 Å². The van der Waals surface area contributed by atoms with E-state index in [1.54, 1.807) is 11.3 Å². The first kappa shape index (κ1) is 18.6. The molecule has 1 N–H and O–H groups in total. The molecule has 3 aromatic rings. The number of thiophene rings is 1. The molecule has 26 heavy (non-hydrogen) atoms. The summed E-state index contributed by atoms with van der Waals surface area (Å²) in [7, 11) is 2.01. The number of para-hydroxylation sites is 1. The number of halogens is 1. The van der Waals surface area contributed by atoms with Crippen molar-refractivity contribution in [3.63, 3.8) is 0 Å². The Labute approximate surface area is 162 Å². The third-order valence-corrected chi connectivity index (χ3v) is 5.55. The van der Waals surface area contributed by atoms with Crippen LogP contribution in [0.3, 0.4) is 0 Å². The Kier molecular flexibility index (Phi) is 5.14. The summed E-state index contributed by atoms with van der Waals surface area (Å²) in [6.07, 6.45) is 2.15. The lowest BCUT2D eigenvalue weighted by Crippen LogP contribution is -3.00. The van der Waals surface area contributed by atoms with Crippen molar-refractivity contribution in [2.24, 2.45) is 0 Å². The predicted molar refractivity (Wildman–Crippen MR) is 102 cm³/mol. The van der Waals surface area contributed by atoms with Crippen LogP contribution in [0.15, 0.2) is 35.7 Å². The van der Waals surface area contributed by atoms with Crippen LogP contribution >= 0.6 is 11.3 Å². The molecule has 0 radical (unpaired) electrons. The first-order valence-corrected chi connectivity index (χ1v) is 9.01. The molecular formula is C20H18ClN2O2S-. The van der Waals surface area contributed by atoms with Gasteiger partial charge >= 0.3 is 5.97 Å². The maximum Gasteiger partial charge on any atom is 0.336 e. The number of hydrogen-bond donors (Lipinski definition) is 1. The van der Waals surface area contributed by atoms with Crippen molar-refractivity contribution in [3.05, 3.63) is 63.0 Å². The SMILES string of the molecule is Cc1ccsc1/C=C1/CN(C)Cc2c1nc1ccccc1c2C(=O)O.[Cl-]. The van der Waals surface area contributed by atoms with Gasteiger partial charge in [0.25, 0.3) is 0 Å². The van der Waals surface area contributed by atoms with Crippen LogP contribution in [0.25, 0.3) is 22.6 Å². The van der Waals surface area contributed by atoms with Gasteiger partial charge in [-0.05, 0) is 48.7 Å². The van der Waals surface area contributed by atoms with Gasteiger partial charge in [-0.15, -0.1) is 11.3 Å². The first-order chi connectivity index (χ1) is 12.0. The fourth-order valence-corrected chi connectivity index (χ4v) is 4.29. The van der Waals surface area contributed by atoms with Crippen LogP contribution in [0.1, 0.15) is 32.1 Å². The van der Waals surface area contributed by atoms with E-state index in [1.165, 1.54) is 10.4 Å². The third kappa shape index (κ3) is 3.14. The zero-order valence-electron chi connectivity index (χ0n) is 14.5. The molecule has 1 aliphatic heterocycles. The second kappa shape index (κ2) is 7.19. The molecule has 4 rings (SSSR count). The Morgan fingerprint density at radius 3 is 2.73 bits per heavy atom. The summed E-state index contributed by atoms with van der Waals surface area (Å²) in [5, 5.41) is 12.6. The van der Waals surface area contributed by atoms with Crippen molar-refractivity contribution in [2.75, 3.05) is 13.6 Å². The van der Waals surface area contributed by atoms with Gasteiger partial charge in [0.1, 0.15) is 0 Å². The highest BCUT2D eigenvalue weighted by Crippen LogP contribution is 2.34. The van der Waals surface area contributed by atoms with Gasteiger partial charge in [-0.3, -0.25) is 4.90 Å². The molecule has 0 spiro atoms. The molecule has 0 aliphatic carbocycles. The summed E-state index contributed by atoms with van der Waals surface area (Å²) >= 11 is 1.69. The van der Waals surface area contributed by atoms with Gasteiger partial charge in [-0.2, -0.15) is 0 Å². The fraction of sp³-hybridized carbons (Fsp3) is 0.200. The highest BCUT2D eigenvalue weighted by Gasteiger charge is 2.27. The number of likely N-dealkylation sites (N-methyl/N-ethyl adjacent to an activating group) is 1. The number of aromatic nitrogens is 1. The van der Waals surface area contributed by atoms with E-state index in [-0.39, 0.29) is 12.4 Å². The molecular weight excluding hydrogens is 368 g/mol. The van der Waals surface area contributed by atoms with Crippen molar-refractivity contribution >= 4 is 39.9 Å². The van der Waals surface area contributed by atoms with E-state index in [4.69, 9.17) is 4.98 Å². The second-order valence-corrected chi connectivity index (χ2v) is 7.39. The van der Waals surface area contributed by atoms with Crippen molar-refractivity contribution < 1.29 is 22.3 Å². The van der Waals surface area contributed by atoms with Crippen LogP contribution in [0.2, 0.25) is 0 Å². The van der Waals surface area contributed by atoms with Gasteiger partial charge in [0.2, 0.25) is 0 Å². The third-order valence-electron chi connectivity index (χ3n) is 4.59. The highest BCUT2D eigenvalue weighted by molar-refractivity contribution is 7.11. The Balaban J connectivity index is 0.00000196. The minimum absolute atomic E-state index is 0. The lowest BCUT2D eigenvalue weighted by Gasteiger charge is -2.28. The molecule has 0 bridgehead atoms. The van der Waals surface area contributed by atoms with Gasteiger partial charge < -0.3 is 17.5 Å². The summed E-state index contributed by atoms with van der Waals surface area (Å²) in [6.45, 7) is 3.44. The largest absolute Gasteiger partial charge is 1.00 e. The molecule has 0 saturated carbocycles. The van der Waals surface area contributed by atoms with E-state index in [0.717, 1.165) is 28.9 Å². The molecule has 1 aromatic carbocycles. The lowest BCUT2D eigenvalue weighted by atomic mass is 9.93. The minimum atomic E-state index is -0.892. The number of aromatic carboxylic acids is 1. The number of pyridine rings is 1. The molecule has 2 aromatic heterocycles. The Morgan fingerprint density at radius 1 is 1.27 bits per heavy atom. The highest BCUT2D eigenvalue weighted by atomic mass is 35.5. The Morgan fingerprint density at radius 2 is 2.04 bits per heavy atom. The van der Waals surface area contributed by atoms with E-state index >= 15 is 0 Å². The Hall–Kier alpha value is -2.21. The molecule has 4 nitrogen and oxygen atoms in total. The summed E-state index contributed by atoms with van der Waals surface area (Å²) in [5.74, 6) is -0.892. The summed E-state index contributed by atoms with van der Waals surface area (Å²) in [5.41, 5.74) is 5.04. The van der Waals surface area contributed by atoms with Crippen molar-refractivity contribution in [3.8, 4) is 0 Å². The van der Waals surface area contributed by atoms with Crippen molar-refractivity contribution in [2.45, 2.75) is 13.5 Å². The number of rotatable bonds is 2. The van der Waals surface area contributed by atoms with Gasteiger partial charge in [0, 0.05) is 28.9 Å². The molecule has 0 saturated heterocycles. The second-order valence-electron chi connectivity index (χ2n) is 6.45. The smallest absolute Gasteiger partial charge is 0.336 e. The number of carboxylic acid groups (broad SMARTS) is 1. The van der Waals surface area contributed by atoms with Gasteiger partial charge in [0.05, 0.1) is 16.8 Å². The Bertz CT molecular complexity index is 1030. The molecule has 0 amide bonds. The van der Waals surface area contributed by atoms with Crippen LogP contribution in [-0.4, -0.2) is 34.6 Å². The fourth-order valence-electron chi connectivity index (χ4n) is 3.41. The first-order valence-electron chi connectivity index (χ1n) is 8.13. The minimum Gasteiger partial charge on any atom is -1.00 e. The average molecular weight is 386 g/mol. The molecule has 0 unspecified atom stereocenters. The zero-order valence-corrected chi connectivity index (χ0v) is 16.1. The quantitative estimate of drug-likeness (QED) is 0.722. The van der Waals surface area contributed by atoms with E-state index in [0.29, 0.717) is 17.5 Å². The number of carbonyl (C=O) groups is 1. The lowest BCUT2D eigenvalue weighted by molar-refractivity contribution is -0.0000208. The molecule has 134 valence electrons. The van der Waals surface area contributed by atoms with Gasteiger partial charge in [-0.25, -0.2) is 9.78 Å². The van der Waals surface area contributed by atoms with E-state index < -0.39 is 5.97 Å². The molecule has 0 atom stereocenters. The van der Waals surface area contributed by atoms with Crippen LogP contribution in [-0.2, 0) is 6.54 Å². The standard InChI is InChI=1S/C20H18N2O2S.ClH/c1-12-7-8-25-17(12)9-13-10-22(2)11-15-18(20(23)24)14-5-3-4-6-16(14)21-19(13)15;/h3-9H,10-11H2,1-2H3,(H,23,24);1H/p-1/b13-9-;. The van der Waals surface area contributed by atoms with Crippen molar-refractivity contribution in [1.82, 2.24) is 9.88 Å². The van der Waals surface area contributed by atoms with Crippen LogP contribution < -0.4 is 12.4 Å². The zero-order chi connectivity index (χ0) is 17.6. The van der Waals surface area contributed by atoms with Crippen LogP contribution in [0.5, 0.6) is 0 Å². The molecule has 0 fully saturated rings. The molecule has 3 heterocycles. The number of aryl methyl sites for hydroxylation is 1. The van der Waals surface area contributed by atoms with E-state index in [9.17, 15) is 9.90 Å². The van der Waals surface area contributed by atoms with E-state index in [2.05, 4.69) is 29.3 Å². The maximum atomic E-state index is 12.0. The predicted octanol–water partition coefficient (Wildman–Crippen LogP) is 1.29. The monoisotopic (exact) mass is 385 g/mol. The maximum absolute atomic E-state index is 12.0. The topological polar surface area (TPSA) is 53.4 Å². The summed E-state index contributed by atoms with van der Waals surface area (Å²) in [6, 6.07) is 9.58. The van der Waals surface area contributed by atoms with Gasteiger partial charge in [0.15, 0.2) is 0 Å². The molecule has 1 aliphatic rings. The summed E-state index contributed by atoms with van der Waals surface area (Å²) < 4.78 is 0. The number of hydrogen-bond acceptors (Lipinski definition) is 4. The van der Waals surface area contributed by atoms with E-state index in [1.807, 2.05) is 31.3 Å². The average Bonchev–Trinajstić information content (AvgIpc) is 2.97. The summed E-state index contributed by atoms with van der Waals surface area (Å²) in [4.78, 5) is 20.2. The number of carboxylic acids is 1. The van der Waals surface area contributed by atoms with Crippen LogP contribution in [0.4, 0.5) is 0 Å². The number of nitrogens with zero attached hydrogens (tertiary/aromatic N) is 2. The van der Waals surface area contributed by atoms with Crippen LogP contribution in [0, 0.1) is 6.92 Å².